The number of alkyl halides is 3. The first-order valence-electron chi connectivity index (χ1n) is 4.88. The van der Waals surface area contributed by atoms with Crippen molar-refractivity contribution in [3.63, 3.8) is 0 Å². The number of carbonyl (C=O) groups excluding carboxylic acids is 2. The molecule has 0 aromatic carbocycles. The van der Waals surface area contributed by atoms with Crippen LogP contribution < -0.4 is 0 Å². The van der Waals surface area contributed by atoms with E-state index in [2.05, 4.69) is 4.74 Å². The number of hydrogen-bond acceptors (Lipinski definition) is 3. The third-order valence-electron chi connectivity index (χ3n) is 3.14. The first kappa shape index (κ1) is 13.0. The van der Waals surface area contributed by atoms with Gasteiger partial charge in [-0.25, -0.2) is 0 Å². The molecule has 1 aliphatic carbocycles. The second-order valence-corrected chi connectivity index (χ2v) is 4.30. The zero-order valence-electron chi connectivity index (χ0n) is 9.06. The molecule has 0 heterocycles. The molecule has 16 heavy (non-hydrogen) atoms. The Hall–Kier alpha value is -1.07. The Labute approximate surface area is 91.0 Å². The van der Waals surface area contributed by atoms with Gasteiger partial charge in [0.1, 0.15) is 11.7 Å². The first-order chi connectivity index (χ1) is 7.21. The Bertz CT molecular complexity index is 303. The molecule has 0 aromatic heterocycles. The van der Waals surface area contributed by atoms with Crippen LogP contribution >= 0.6 is 0 Å². The Balaban J connectivity index is 2.90. The van der Waals surface area contributed by atoms with Crippen LogP contribution in [0.2, 0.25) is 0 Å². The minimum absolute atomic E-state index is 0.226. The van der Waals surface area contributed by atoms with Crippen LogP contribution in [-0.2, 0) is 14.3 Å². The number of halogens is 3. The largest absolute Gasteiger partial charge is 0.468 e. The van der Waals surface area contributed by atoms with Crippen LogP contribution in [-0.4, -0.2) is 25.0 Å². The quantitative estimate of drug-likeness (QED) is 0.519. The zero-order chi connectivity index (χ0) is 12.6. The summed E-state index contributed by atoms with van der Waals surface area (Å²) < 4.78 is 42.5. The highest BCUT2D eigenvalue weighted by Gasteiger charge is 2.55. The fraction of sp³-hybridized carbons (Fsp3) is 0.800. The molecule has 0 spiro atoms. The van der Waals surface area contributed by atoms with Crippen molar-refractivity contribution in [2.75, 3.05) is 7.11 Å². The molecule has 0 saturated heterocycles. The topological polar surface area (TPSA) is 43.4 Å². The predicted molar refractivity (Wildman–Crippen MR) is 48.5 cm³/mol. The van der Waals surface area contributed by atoms with Gasteiger partial charge >= 0.3 is 12.1 Å². The minimum Gasteiger partial charge on any atom is -0.468 e. The number of ether oxygens (including phenoxy) is 1. The van der Waals surface area contributed by atoms with E-state index in [9.17, 15) is 22.8 Å². The minimum atomic E-state index is -4.40. The summed E-state index contributed by atoms with van der Waals surface area (Å²) >= 11 is 0. The maximum atomic E-state index is 12.7. The maximum Gasteiger partial charge on any atom is 0.394 e. The van der Waals surface area contributed by atoms with Gasteiger partial charge in [0.15, 0.2) is 0 Å². The summed E-state index contributed by atoms with van der Waals surface area (Å²) in [5.41, 5.74) is -1.97. The SMILES string of the molecule is COC(=O)C1CC(C)(C(F)(F)F)CCC1=O. The van der Waals surface area contributed by atoms with Gasteiger partial charge in [0.05, 0.1) is 12.5 Å². The van der Waals surface area contributed by atoms with Crippen LogP contribution in [0.3, 0.4) is 0 Å². The lowest BCUT2D eigenvalue weighted by Crippen LogP contribution is -2.45. The van der Waals surface area contributed by atoms with Crippen LogP contribution in [0.15, 0.2) is 0 Å². The van der Waals surface area contributed by atoms with Gasteiger partial charge in [0, 0.05) is 6.42 Å². The van der Waals surface area contributed by atoms with Gasteiger partial charge < -0.3 is 4.74 Å². The molecule has 1 saturated carbocycles. The van der Waals surface area contributed by atoms with E-state index in [1.807, 2.05) is 0 Å². The first-order valence-corrected chi connectivity index (χ1v) is 4.88. The van der Waals surface area contributed by atoms with Crippen molar-refractivity contribution in [2.24, 2.45) is 11.3 Å². The average molecular weight is 238 g/mol. The summed E-state index contributed by atoms with van der Waals surface area (Å²) in [6.07, 6.45) is -5.40. The summed E-state index contributed by atoms with van der Waals surface area (Å²) in [4.78, 5) is 22.5. The highest BCUT2D eigenvalue weighted by molar-refractivity contribution is 5.99. The van der Waals surface area contributed by atoms with Crippen molar-refractivity contribution in [1.82, 2.24) is 0 Å². The summed E-state index contributed by atoms with van der Waals surface area (Å²) in [5, 5.41) is 0. The molecule has 1 rings (SSSR count). The number of Topliss-reactive ketones (excluding diaryl/α,β-unsaturated/α-hetero) is 1. The molecular formula is C10H13F3O3. The van der Waals surface area contributed by atoms with E-state index in [0.29, 0.717) is 0 Å². The van der Waals surface area contributed by atoms with E-state index in [0.717, 1.165) is 14.0 Å². The molecular weight excluding hydrogens is 225 g/mol. The third kappa shape index (κ3) is 2.20. The van der Waals surface area contributed by atoms with Crippen molar-refractivity contribution in [2.45, 2.75) is 32.4 Å². The molecule has 2 atom stereocenters. The molecule has 1 fully saturated rings. The molecule has 0 aliphatic heterocycles. The van der Waals surface area contributed by atoms with Crippen LogP contribution in [0, 0.1) is 11.3 Å². The molecule has 0 bridgehead atoms. The summed E-state index contributed by atoms with van der Waals surface area (Å²) in [5.74, 6) is -2.61. The molecule has 92 valence electrons. The van der Waals surface area contributed by atoms with Crippen LogP contribution in [0.1, 0.15) is 26.2 Å². The number of ketones is 1. The van der Waals surface area contributed by atoms with Crippen LogP contribution in [0.25, 0.3) is 0 Å². The molecule has 0 amide bonds. The normalized spacial score (nSPS) is 31.3. The molecule has 1 aliphatic rings. The lowest BCUT2D eigenvalue weighted by Gasteiger charge is -2.37. The van der Waals surface area contributed by atoms with Crippen molar-refractivity contribution in [3.8, 4) is 0 Å². The smallest absolute Gasteiger partial charge is 0.394 e. The van der Waals surface area contributed by atoms with E-state index in [1.54, 1.807) is 0 Å². The van der Waals surface area contributed by atoms with Gasteiger partial charge in [0.25, 0.3) is 0 Å². The summed E-state index contributed by atoms with van der Waals surface area (Å²) in [6, 6.07) is 0. The van der Waals surface area contributed by atoms with Crippen molar-refractivity contribution < 1.29 is 27.5 Å². The van der Waals surface area contributed by atoms with E-state index in [4.69, 9.17) is 0 Å². The van der Waals surface area contributed by atoms with Gasteiger partial charge in [-0.05, 0) is 12.8 Å². The molecule has 2 unspecified atom stereocenters. The number of methoxy groups -OCH3 is 1. The van der Waals surface area contributed by atoms with Gasteiger partial charge in [-0.1, -0.05) is 6.92 Å². The lowest BCUT2D eigenvalue weighted by atomic mass is 9.70. The van der Waals surface area contributed by atoms with Gasteiger partial charge in [-0.15, -0.1) is 0 Å². The number of carbonyl (C=O) groups is 2. The molecule has 0 radical (unpaired) electrons. The fourth-order valence-corrected chi connectivity index (χ4v) is 1.85. The van der Waals surface area contributed by atoms with Crippen LogP contribution in [0.4, 0.5) is 13.2 Å². The van der Waals surface area contributed by atoms with Crippen LogP contribution in [0.5, 0.6) is 0 Å². The number of rotatable bonds is 1. The second-order valence-electron chi connectivity index (χ2n) is 4.30. The Morgan fingerprint density at radius 2 is 2.06 bits per heavy atom. The summed E-state index contributed by atoms with van der Waals surface area (Å²) in [6.45, 7) is 1.04. The Morgan fingerprint density at radius 1 is 1.50 bits per heavy atom. The molecule has 0 aromatic rings. The van der Waals surface area contributed by atoms with Gasteiger partial charge in [0.2, 0.25) is 0 Å². The van der Waals surface area contributed by atoms with Gasteiger partial charge in [-0.2, -0.15) is 13.2 Å². The number of esters is 1. The fourth-order valence-electron chi connectivity index (χ4n) is 1.85. The molecule has 0 N–H and O–H groups in total. The van der Waals surface area contributed by atoms with Crippen molar-refractivity contribution in [1.29, 1.82) is 0 Å². The average Bonchev–Trinajstić information content (AvgIpc) is 2.19. The lowest BCUT2D eigenvalue weighted by molar-refractivity contribution is -0.230. The third-order valence-corrected chi connectivity index (χ3v) is 3.14. The Morgan fingerprint density at radius 3 is 2.50 bits per heavy atom. The van der Waals surface area contributed by atoms with E-state index < -0.39 is 35.7 Å². The number of hydrogen-bond donors (Lipinski definition) is 0. The van der Waals surface area contributed by atoms with Crippen molar-refractivity contribution in [3.05, 3.63) is 0 Å². The predicted octanol–water partition coefficient (Wildman–Crippen LogP) is 2.10. The van der Waals surface area contributed by atoms with Crippen molar-refractivity contribution >= 4 is 11.8 Å². The maximum absolute atomic E-state index is 12.7. The zero-order valence-corrected chi connectivity index (χ0v) is 9.06. The van der Waals surface area contributed by atoms with E-state index in [-0.39, 0.29) is 12.8 Å². The second kappa shape index (κ2) is 4.07. The van der Waals surface area contributed by atoms with E-state index in [1.165, 1.54) is 0 Å². The highest BCUT2D eigenvalue weighted by atomic mass is 19.4. The van der Waals surface area contributed by atoms with E-state index >= 15 is 0 Å². The standard InChI is InChI=1S/C10H13F3O3/c1-9(10(11,12)13)4-3-7(14)6(5-9)8(15)16-2/h6H,3-5H2,1-2H3. The monoisotopic (exact) mass is 238 g/mol. The highest BCUT2D eigenvalue weighted by Crippen LogP contribution is 2.49. The Kier molecular flexibility index (Phi) is 3.30. The molecule has 6 heteroatoms. The van der Waals surface area contributed by atoms with Gasteiger partial charge in [-0.3, -0.25) is 9.59 Å². The molecule has 3 nitrogen and oxygen atoms in total. The summed E-state index contributed by atoms with van der Waals surface area (Å²) in [7, 11) is 1.06.